The fraction of sp³-hybridized carbons (Fsp3) is 0.133. The van der Waals surface area contributed by atoms with Crippen molar-refractivity contribution in [3.05, 3.63) is 59.2 Å². The Balaban J connectivity index is 2.05. The van der Waals surface area contributed by atoms with Crippen molar-refractivity contribution in [1.29, 1.82) is 0 Å². The maximum absolute atomic E-state index is 12.0. The third-order valence-corrected chi connectivity index (χ3v) is 2.84. The average Bonchev–Trinajstić information content (AvgIpc) is 2.40. The average molecular weight is 256 g/mol. The van der Waals surface area contributed by atoms with Gasteiger partial charge < -0.3 is 16.2 Å². The number of nitrogens with one attached hydrogen (secondary N) is 1. The van der Waals surface area contributed by atoms with Crippen LogP contribution >= 0.6 is 0 Å². The zero-order valence-corrected chi connectivity index (χ0v) is 10.7. The topological polar surface area (TPSA) is 75.4 Å². The highest BCUT2D eigenvalue weighted by molar-refractivity contribution is 5.99. The van der Waals surface area contributed by atoms with E-state index in [1.54, 1.807) is 36.4 Å². The summed E-state index contributed by atoms with van der Waals surface area (Å²) in [4.78, 5) is 12.0. The molecule has 0 spiro atoms. The molecule has 0 unspecified atom stereocenters. The lowest BCUT2D eigenvalue weighted by Crippen LogP contribution is -2.23. The van der Waals surface area contributed by atoms with Gasteiger partial charge in [0.25, 0.3) is 5.91 Å². The Morgan fingerprint density at radius 2 is 1.89 bits per heavy atom. The van der Waals surface area contributed by atoms with E-state index >= 15 is 0 Å². The molecule has 0 aliphatic heterocycles. The van der Waals surface area contributed by atoms with Crippen LogP contribution in [0.1, 0.15) is 21.5 Å². The van der Waals surface area contributed by atoms with Gasteiger partial charge in [-0.05, 0) is 36.8 Å². The molecule has 0 aliphatic rings. The number of nitrogen functional groups attached to an aromatic ring is 1. The summed E-state index contributed by atoms with van der Waals surface area (Å²) >= 11 is 0. The summed E-state index contributed by atoms with van der Waals surface area (Å²) in [7, 11) is 0. The molecule has 0 radical (unpaired) electrons. The Hall–Kier alpha value is -2.49. The minimum absolute atomic E-state index is 0.200. The van der Waals surface area contributed by atoms with E-state index in [4.69, 9.17) is 5.73 Å². The summed E-state index contributed by atoms with van der Waals surface area (Å²) < 4.78 is 0. The van der Waals surface area contributed by atoms with E-state index in [-0.39, 0.29) is 11.7 Å². The zero-order chi connectivity index (χ0) is 13.8. The summed E-state index contributed by atoms with van der Waals surface area (Å²) in [5.74, 6) is 0.00674. The second kappa shape index (κ2) is 5.44. The molecular weight excluding hydrogens is 240 g/mol. The lowest BCUT2D eigenvalue weighted by Gasteiger charge is -2.08. The number of phenols is 1. The minimum atomic E-state index is -0.200. The third kappa shape index (κ3) is 3.25. The highest BCUT2D eigenvalue weighted by Crippen LogP contribution is 2.14. The molecule has 4 heteroatoms. The molecule has 2 aromatic carbocycles. The van der Waals surface area contributed by atoms with E-state index in [9.17, 15) is 9.90 Å². The molecule has 98 valence electrons. The van der Waals surface area contributed by atoms with Gasteiger partial charge in [-0.25, -0.2) is 0 Å². The van der Waals surface area contributed by atoms with Gasteiger partial charge in [0, 0.05) is 12.2 Å². The minimum Gasteiger partial charge on any atom is -0.508 e. The second-order valence-corrected chi connectivity index (χ2v) is 4.44. The van der Waals surface area contributed by atoms with Crippen molar-refractivity contribution in [3.8, 4) is 5.75 Å². The summed E-state index contributed by atoms with van der Waals surface area (Å²) in [5, 5.41) is 12.0. The van der Waals surface area contributed by atoms with Crippen LogP contribution in [0.25, 0.3) is 0 Å². The number of hydrogen-bond donors (Lipinski definition) is 3. The van der Waals surface area contributed by atoms with Crippen LogP contribution in [-0.4, -0.2) is 11.0 Å². The number of benzene rings is 2. The monoisotopic (exact) mass is 256 g/mol. The molecule has 4 N–H and O–H groups in total. The van der Waals surface area contributed by atoms with Gasteiger partial charge in [0.15, 0.2) is 0 Å². The number of anilines is 1. The van der Waals surface area contributed by atoms with E-state index in [0.29, 0.717) is 17.8 Å². The number of phenolic OH excluding ortho intramolecular Hbond substituents is 1. The first-order valence-electron chi connectivity index (χ1n) is 5.98. The highest BCUT2D eigenvalue weighted by atomic mass is 16.3. The van der Waals surface area contributed by atoms with Crippen molar-refractivity contribution in [3.63, 3.8) is 0 Å². The Kier molecular flexibility index (Phi) is 3.71. The third-order valence-electron chi connectivity index (χ3n) is 2.84. The van der Waals surface area contributed by atoms with Crippen LogP contribution in [0.2, 0.25) is 0 Å². The summed E-state index contributed by atoms with van der Waals surface area (Å²) in [6.45, 7) is 2.31. The summed E-state index contributed by atoms with van der Waals surface area (Å²) in [6.07, 6.45) is 0. The predicted molar refractivity (Wildman–Crippen MR) is 74.9 cm³/mol. The van der Waals surface area contributed by atoms with Crippen LogP contribution in [0, 0.1) is 6.92 Å². The molecule has 4 nitrogen and oxygen atoms in total. The molecule has 0 heterocycles. The molecular formula is C15H16N2O2. The van der Waals surface area contributed by atoms with Crippen molar-refractivity contribution >= 4 is 11.6 Å². The van der Waals surface area contributed by atoms with Crippen molar-refractivity contribution < 1.29 is 9.90 Å². The normalized spacial score (nSPS) is 10.2. The molecule has 0 atom stereocenters. The molecule has 0 saturated heterocycles. The predicted octanol–water partition coefficient (Wildman–Crippen LogP) is 2.21. The number of hydrogen-bond acceptors (Lipinski definition) is 3. The zero-order valence-electron chi connectivity index (χ0n) is 10.7. The van der Waals surface area contributed by atoms with Crippen LogP contribution in [-0.2, 0) is 6.54 Å². The summed E-state index contributed by atoms with van der Waals surface area (Å²) in [5.41, 5.74) is 8.64. The van der Waals surface area contributed by atoms with Crippen molar-refractivity contribution in [2.45, 2.75) is 13.5 Å². The Bertz CT molecular complexity index is 592. The first kappa shape index (κ1) is 13.0. The van der Waals surface area contributed by atoms with Crippen molar-refractivity contribution in [1.82, 2.24) is 5.32 Å². The molecule has 19 heavy (non-hydrogen) atoms. The molecule has 0 aliphatic carbocycles. The van der Waals surface area contributed by atoms with Gasteiger partial charge in [-0.3, -0.25) is 4.79 Å². The van der Waals surface area contributed by atoms with Crippen LogP contribution in [0.15, 0.2) is 42.5 Å². The molecule has 0 aromatic heterocycles. The molecule has 1 amide bonds. The Morgan fingerprint density at radius 3 is 2.58 bits per heavy atom. The maximum atomic E-state index is 12.0. The van der Waals surface area contributed by atoms with Gasteiger partial charge in [-0.15, -0.1) is 0 Å². The van der Waals surface area contributed by atoms with Crippen LogP contribution in [0.3, 0.4) is 0 Å². The van der Waals surface area contributed by atoms with Gasteiger partial charge in [0.05, 0.1) is 5.56 Å². The number of aryl methyl sites for hydroxylation is 1. The van der Waals surface area contributed by atoms with E-state index in [2.05, 4.69) is 5.32 Å². The Labute approximate surface area is 111 Å². The van der Waals surface area contributed by atoms with E-state index in [1.807, 2.05) is 13.0 Å². The lowest BCUT2D eigenvalue weighted by atomic mass is 10.1. The van der Waals surface area contributed by atoms with Gasteiger partial charge >= 0.3 is 0 Å². The molecule has 2 rings (SSSR count). The number of carbonyl (C=O) groups is 1. The summed E-state index contributed by atoms with van der Waals surface area (Å²) in [6, 6.07) is 12.0. The number of amides is 1. The lowest BCUT2D eigenvalue weighted by molar-refractivity contribution is 0.0951. The molecule has 0 saturated carbocycles. The maximum Gasteiger partial charge on any atom is 0.253 e. The van der Waals surface area contributed by atoms with E-state index in [0.717, 1.165) is 11.1 Å². The van der Waals surface area contributed by atoms with Gasteiger partial charge in [-0.1, -0.05) is 23.8 Å². The number of aromatic hydroxyl groups is 1. The quantitative estimate of drug-likeness (QED) is 0.737. The molecule has 2 aromatic rings. The van der Waals surface area contributed by atoms with Crippen LogP contribution < -0.4 is 11.1 Å². The van der Waals surface area contributed by atoms with E-state index in [1.165, 1.54) is 0 Å². The van der Waals surface area contributed by atoms with Crippen LogP contribution in [0.4, 0.5) is 5.69 Å². The van der Waals surface area contributed by atoms with Gasteiger partial charge in [0.1, 0.15) is 5.75 Å². The first-order valence-corrected chi connectivity index (χ1v) is 5.98. The van der Waals surface area contributed by atoms with Crippen LogP contribution in [0.5, 0.6) is 5.75 Å². The second-order valence-electron chi connectivity index (χ2n) is 4.44. The fourth-order valence-corrected chi connectivity index (χ4v) is 1.76. The standard InChI is InChI=1S/C15H16N2O2/c1-10-2-7-14(16)13(8-10)15(19)17-9-11-3-5-12(18)6-4-11/h2-8,18H,9,16H2,1H3,(H,17,19). The largest absolute Gasteiger partial charge is 0.508 e. The number of nitrogens with two attached hydrogens (primary N) is 1. The molecule has 0 fully saturated rings. The fourth-order valence-electron chi connectivity index (χ4n) is 1.76. The van der Waals surface area contributed by atoms with Gasteiger partial charge in [-0.2, -0.15) is 0 Å². The van der Waals surface area contributed by atoms with E-state index < -0.39 is 0 Å². The number of carbonyl (C=O) groups excluding carboxylic acids is 1. The smallest absolute Gasteiger partial charge is 0.253 e. The first-order chi connectivity index (χ1) is 9.06. The highest BCUT2D eigenvalue weighted by Gasteiger charge is 2.09. The van der Waals surface area contributed by atoms with Gasteiger partial charge in [0.2, 0.25) is 0 Å². The molecule has 0 bridgehead atoms. The Morgan fingerprint density at radius 1 is 1.21 bits per heavy atom. The SMILES string of the molecule is Cc1ccc(N)c(C(=O)NCc2ccc(O)cc2)c1. The van der Waals surface area contributed by atoms with Crippen molar-refractivity contribution in [2.24, 2.45) is 0 Å². The van der Waals surface area contributed by atoms with Crippen molar-refractivity contribution in [2.75, 3.05) is 5.73 Å². The number of rotatable bonds is 3.